The first-order chi connectivity index (χ1) is 25.6. The molecule has 4 fully saturated rings. The molecule has 5 aliphatic carbocycles. The van der Waals surface area contributed by atoms with Gasteiger partial charge in [0.25, 0.3) is 0 Å². The van der Waals surface area contributed by atoms with Crippen LogP contribution in [0.4, 0.5) is 0 Å². The van der Waals surface area contributed by atoms with Gasteiger partial charge in [0.15, 0.2) is 0 Å². The minimum atomic E-state index is -1.15. The Morgan fingerprint density at radius 1 is 0.727 bits per heavy atom. The molecule has 0 aromatic rings. The number of ether oxygens (including phenoxy) is 1. The maximum atomic E-state index is 14.5. The molecule has 8 heteroatoms. The molecule has 1 amide bonds. The molecule has 55 heavy (non-hydrogen) atoms. The Morgan fingerprint density at radius 3 is 1.98 bits per heavy atom. The fourth-order valence-electron chi connectivity index (χ4n) is 13.4. The summed E-state index contributed by atoms with van der Waals surface area (Å²) in [5.74, 6) is -0.477. The largest absolute Gasteiger partial charge is 0.481 e. The fraction of sp³-hybridized carbons (Fsp3) is 0.872. The first-order valence-corrected chi connectivity index (χ1v) is 22.2. The van der Waals surface area contributed by atoms with Crippen LogP contribution in [-0.2, 0) is 23.9 Å². The maximum Gasteiger partial charge on any atom is 0.309 e. The predicted molar refractivity (Wildman–Crippen MR) is 217 cm³/mol. The number of nitrogens with one attached hydrogen (secondary N) is 1. The number of allylic oxidation sites excluding steroid dienone is 1. The van der Waals surface area contributed by atoms with Crippen LogP contribution in [-0.4, -0.2) is 46.7 Å². The number of carbonyl (C=O) groups excluding carboxylic acids is 2. The van der Waals surface area contributed by atoms with Gasteiger partial charge < -0.3 is 20.3 Å². The summed E-state index contributed by atoms with van der Waals surface area (Å²) >= 11 is 0. The number of hydrogen-bond acceptors (Lipinski definition) is 5. The SMILES string of the molecule is CC1(C)C=C2[C@H]3CC[C@@H]4[C@@]5(C)CC[C@H](OC(=O)CC(C)(C)C(=O)O)C(C)(C)[C@@H]5CC[C@@]4(C)[C@]3(C)CC[C@@]2(C(=O)NCCCCCCCCCCC(=O)O)CC1. The summed E-state index contributed by atoms with van der Waals surface area (Å²) < 4.78 is 6.18. The Labute approximate surface area is 333 Å². The highest BCUT2D eigenvalue weighted by atomic mass is 16.5. The zero-order chi connectivity index (χ0) is 40.7. The van der Waals surface area contributed by atoms with Gasteiger partial charge in [0.2, 0.25) is 5.91 Å². The lowest BCUT2D eigenvalue weighted by molar-refractivity contribution is -0.234. The average Bonchev–Trinajstić information content (AvgIpc) is 3.08. The van der Waals surface area contributed by atoms with Crippen LogP contribution in [0.3, 0.4) is 0 Å². The molecule has 5 rings (SSSR count). The van der Waals surface area contributed by atoms with Gasteiger partial charge in [-0.2, -0.15) is 0 Å². The van der Waals surface area contributed by atoms with E-state index < -0.39 is 28.7 Å². The molecular weight excluding hydrogens is 691 g/mol. The summed E-state index contributed by atoms with van der Waals surface area (Å²) in [6.07, 6.45) is 21.3. The molecule has 5 aliphatic rings. The van der Waals surface area contributed by atoms with E-state index >= 15 is 0 Å². The maximum absolute atomic E-state index is 14.5. The number of carbonyl (C=O) groups is 4. The summed E-state index contributed by atoms with van der Waals surface area (Å²) in [4.78, 5) is 50.0. The third-order valence-electron chi connectivity index (χ3n) is 17.0. The van der Waals surface area contributed by atoms with Gasteiger partial charge >= 0.3 is 17.9 Å². The lowest BCUT2D eigenvalue weighted by Gasteiger charge is -2.72. The average molecular weight is 768 g/mol. The molecule has 4 saturated carbocycles. The van der Waals surface area contributed by atoms with Gasteiger partial charge in [-0.3, -0.25) is 19.2 Å². The normalized spacial score (nSPS) is 36.2. The molecule has 0 radical (unpaired) electrons. The minimum absolute atomic E-state index is 0.0753. The summed E-state index contributed by atoms with van der Waals surface area (Å²) in [5.41, 5.74) is 0.0917. The number of aliphatic carboxylic acids is 2. The summed E-state index contributed by atoms with van der Waals surface area (Å²) in [5, 5.41) is 21.9. The predicted octanol–water partition coefficient (Wildman–Crippen LogP) is 10.9. The lowest BCUT2D eigenvalue weighted by atomic mass is 9.32. The Hall–Kier alpha value is -2.38. The Morgan fingerprint density at radius 2 is 1.35 bits per heavy atom. The van der Waals surface area contributed by atoms with E-state index in [4.69, 9.17) is 9.84 Å². The zero-order valence-electron chi connectivity index (χ0n) is 36.2. The van der Waals surface area contributed by atoms with Crippen LogP contribution in [0.15, 0.2) is 11.6 Å². The molecule has 8 atom stereocenters. The lowest BCUT2D eigenvalue weighted by Crippen LogP contribution is -2.66. The number of carboxylic acids is 2. The molecule has 0 heterocycles. The minimum Gasteiger partial charge on any atom is -0.481 e. The molecule has 3 N–H and O–H groups in total. The third-order valence-corrected chi connectivity index (χ3v) is 17.0. The fourth-order valence-corrected chi connectivity index (χ4v) is 13.4. The van der Waals surface area contributed by atoms with Gasteiger partial charge in [-0.05, 0) is 130 Å². The second-order valence-corrected chi connectivity index (χ2v) is 21.7. The van der Waals surface area contributed by atoms with E-state index in [0.717, 1.165) is 116 Å². The number of hydrogen-bond donors (Lipinski definition) is 3. The van der Waals surface area contributed by atoms with E-state index in [1.807, 2.05) is 0 Å². The standard InChI is InChI=1S/C47H77NO7/c1-41(2)25-27-47(39(52)48-29-17-15-13-11-10-12-14-16-18-37(49)50)28-26-45(8)32(33(47)30-41)19-20-35-44(7)23-22-36(55-38(51)31-42(3,4)40(53)54)43(5,6)34(44)21-24-46(35,45)9/h30,32,34-36H,10-29,31H2,1-9H3,(H,48,52)(H,49,50)(H,53,54)/t32-,34+,35-,36+,44+,45-,46-,47+/m1/s1. The van der Waals surface area contributed by atoms with Crippen molar-refractivity contribution in [1.29, 1.82) is 0 Å². The Kier molecular flexibility index (Phi) is 12.8. The van der Waals surface area contributed by atoms with Gasteiger partial charge in [0, 0.05) is 18.4 Å². The number of amides is 1. The highest BCUT2D eigenvalue weighted by molar-refractivity contribution is 5.87. The van der Waals surface area contributed by atoms with Crippen molar-refractivity contribution >= 4 is 23.8 Å². The van der Waals surface area contributed by atoms with Crippen molar-refractivity contribution in [2.45, 2.75) is 197 Å². The van der Waals surface area contributed by atoms with E-state index in [1.54, 1.807) is 13.8 Å². The van der Waals surface area contributed by atoms with E-state index in [-0.39, 0.29) is 51.9 Å². The summed E-state index contributed by atoms with van der Waals surface area (Å²) in [7, 11) is 0. The molecule has 0 aromatic heterocycles. The quantitative estimate of drug-likeness (QED) is 0.0810. The van der Waals surface area contributed by atoms with Gasteiger partial charge in [0.05, 0.1) is 17.3 Å². The number of rotatable bonds is 16. The van der Waals surface area contributed by atoms with Crippen LogP contribution in [0.5, 0.6) is 0 Å². The van der Waals surface area contributed by atoms with Crippen molar-refractivity contribution in [3.05, 3.63) is 11.6 Å². The van der Waals surface area contributed by atoms with E-state index in [1.165, 1.54) is 12.0 Å². The van der Waals surface area contributed by atoms with Crippen LogP contribution in [0.1, 0.15) is 191 Å². The van der Waals surface area contributed by atoms with E-state index in [9.17, 15) is 24.3 Å². The van der Waals surface area contributed by atoms with Crippen molar-refractivity contribution in [2.75, 3.05) is 6.54 Å². The number of fused-ring (bicyclic) bond motifs is 7. The van der Waals surface area contributed by atoms with Crippen molar-refractivity contribution < 1.29 is 34.1 Å². The van der Waals surface area contributed by atoms with Crippen LogP contribution in [0, 0.1) is 55.7 Å². The van der Waals surface area contributed by atoms with Gasteiger partial charge in [-0.1, -0.05) is 98.6 Å². The van der Waals surface area contributed by atoms with Crippen LogP contribution in [0.25, 0.3) is 0 Å². The molecule has 0 spiro atoms. The van der Waals surface area contributed by atoms with Crippen LogP contribution in [0.2, 0.25) is 0 Å². The molecule has 0 saturated heterocycles. The van der Waals surface area contributed by atoms with E-state index in [2.05, 4.69) is 59.9 Å². The first-order valence-electron chi connectivity index (χ1n) is 22.2. The molecule has 312 valence electrons. The molecule has 0 aromatic carbocycles. The number of unbranched alkanes of at least 4 members (excludes halogenated alkanes) is 7. The summed E-state index contributed by atoms with van der Waals surface area (Å²) in [6.45, 7) is 21.0. The van der Waals surface area contributed by atoms with Gasteiger partial charge in [0.1, 0.15) is 6.10 Å². The van der Waals surface area contributed by atoms with Crippen molar-refractivity contribution in [1.82, 2.24) is 5.32 Å². The first kappa shape index (κ1) is 43.7. The van der Waals surface area contributed by atoms with Crippen LogP contribution < -0.4 is 5.32 Å². The number of esters is 1. The highest BCUT2D eigenvalue weighted by Gasteiger charge is 2.70. The Balaban J connectivity index is 1.25. The molecule has 0 bridgehead atoms. The number of carboxylic acid groups (broad SMARTS) is 2. The van der Waals surface area contributed by atoms with Gasteiger partial charge in [-0.25, -0.2) is 0 Å². The second-order valence-electron chi connectivity index (χ2n) is 21.7. The molecule has 0 aliphatic heterocycles. The van der Waals surface area contributed by atoms with Crippen molar-refractivity contribution in [3.8, 4) is 0 Å². The monoisotopic (exact) mass is 768 g/mol. The molecule has 8 nitrogen and oxygen atoms in total. The third kappa shape index (κ3) is 8.32. The second kappa shape index (κ2) is 16.1. The summed E-state index contributed by atoms with van der Waals surface area (Å²) in [6, 6.07) is 0. The van der Waals surface area contributed by atoms with Crippen molar-refractivity contribution in [2.24, 2.45) is 55.7 Å². The molecule has 0 unspecified atom stereocenters. The smallest absolute Gasteiger partial charge is 0.309 e. The Bertz CT molecular complexity index is 1480. The van der Waals surface area contributed by atoms with Crippen molar-refractivity contribution in [3.63, 3.8) is 0 Å². The van der Waals surface area contributed by atoms with Crippen LogP contribution >= 0.6 is 0 Å². The highest BCUT2D eigenvalue weighted by Crippen LogP contribution is 2.76. The molecular formula is C47H77NO7. The van der Waals surface area contributed by atoms with E-state index in [0.29, 0.717) is 17.8 Å². The topological polar surface area (TPSA) is 130 Å². The zero-order valence-corrected chi connectivity index (χ0v) is 36.2. The van der Waals surface area contributed by atoms with Gasteiger partial charge in [-0.15, -0.1) is 0 Å².